The minimum Gasteiger partial charge on any atom is -0.454 e. The lowest BCUT2D eigenvalue weighted by molar-refractivity contribution is -0.660. The quantitative estimate of drug-likeness (QED) is 0.299. The molecule has 2 heterocycles. The molecular weight excluding hydrogens is 416 g/mol. The number of benzene rings is 2. The summed E-state index contributed by atoms with van der Waals surface area (Å²) in [6.07, 6.45) is 9.20. The van der Waals surface area contributed by atoms with Crippen LogP contribution in [0.25, 0.3) is 38.8 Å². The van der Waals surface area contributed by atoms with E-state index in [0.29, 0.717) is 5.56 Å². The van der Waals surface area contributed by atoms with Crippen molar-refractivity contribution in [2.45, 2.75) is 46.5 Å². The Kier molecular flexibility index (Phi) is 4.58. The summed E-state index contributed by atoms with van der Waals surface area (Å²) >= 11 is 0. The monoisotopic (exact) mass is 445 g/mol. The van der Waals surface area contributed by atoms with E-state index in [1.165, 1.54) is 29.6 Å². The van der Waals surface area contributed by atoms with Crippen LogP contribution in [0.2, 0.25) is 0 Å². The Balaban J connectivity index is 1.68. The first-order chi connectivity index (χ1) is 16.4. The maximum absolute atomic E-state index is 10.1. The van der Waals surface area contributed by atoms with E-state index in [9.17, 15) is 5.26 Å². The van der Waals surface area contributed by atoms with Crippen LogP contribution in [0.3, 0.4) is 0 Å². The Hall–Kier alpha value is -3.64. The lowest BCUT2D eigenvalue weighted by Crippen LogP contribution is -2.30. The zero-order valence-corrected chi connectivity index (χ0v) is 20.3. The number of nitriles is 1. The number of pyridine rings is 1. The van der Waals surface area contributed by atoms with Gasteiger partial charge in [0.05, 0.1) is 17.2 Å². The molecule has 4 aromatic rings. The molecule has 0 spiro atoms. The number of allylic oxidation sites excluding steroid dienone is 4. The van der Waals surface area contributed by atoms with Gasteiger partial charge in [-0.1, -0.05) is 37.6 Å². The lowest BCUT2D eigenvalue weighted by atomic mass is 9.73. The van der Waals surface area contributed by atoms with Crippen LogP contribution in [0.15, 0.2) is 70.3 Å². The van der Waals surface area contributed by atoms with Gasteiger partial charge in [-0.15, -0.1) is 0 Å². The van der Waals surface area contributed by atoms with Gasteiger partial charge in [0.1, 0.15) is 18.2 Å². The van der Waals surface area contributed by atoms with E-state index in [-0.39, 0.29) is 5.41 Å². The number of aromatic nitrogens is 1. The maximum atomic E-state index is 10.1. The topological polar surface area (TPSA) is 40.8 Å². The summed E-state index contributed by atoms with van der Waals surface area (Å²) in [6, 6.07) is 17.1. The van der Waals surface area contributed by atoms with Crippen molar-refractivity contribution in [3.63, 3.8) is 0 Å². The molecule has 0 radical (unpaired) electrons. The standard InChI is InChI=1S/C31H29N2O/c1-19-12-14-22-23-15-13-21(18-32)28(25-17-20-9-5-6-10-24(20)31(25,2)3)30(23)34-29(22)27(19)26-11-7-8-16-33(26)4/h7-8,11-17H,5-6,9-10H2,1-4H3/q+1. The second-order valence-electron chi connectivity index (χ2n) is 10.3. The predicted octanol–water partition coefficient (Wildman–Crippen LogP) is 7.55. The molecule has 0 unspecified atom stereocenters. The molecule has 0 saturated carbocycles. The maximum Gasteiger partial charge on any atom is 0.216 e. The number of fused-ring (bicyclic) bond motifs is 3. The van der Waals surface area contributed by atoms with Gasteiger partial charge in [-0.2, -0.15) is 5.26 Å². The summed E-state index contributed by atoms with van der Waals surface area (Å²) < 4.78 is 8.92. The molecule has 34 heavy (non-hydrogen) atoms. The third-order valence-electron chi connectivity index (χ3n) is 7.98. The van der Waals surface area contributed by atoms with E-state index >= 15 is 0 Å². The zero-order chi connectivity index (χ0) is 23.6. The van der Waals surface area contributed by atoms with Crippen LogP contribution in [-0.4, -0.2) is 0 Å². The first kappa shape index (κ1) is 20.9. The van der Waals surface area contributed by atoms with Crippen molar-refractivity contribution < 1.29 is 8.98 Å². The highest BCUT2D eigenvalue weighted by molar-refractivity contribution is 6.13. The Morgan fingerprint density at radius 2 is 1.68 bits per heavy atom. The summed E-state index contributed by atoms with van der Waals surface area (Å²) in [5.74, 6) is 0. The fraction of sp³-hybridized carbons (Fsp3) is 0.290. The van der Waals surface area contributed by atoms with Gasteiger partial charge in [-0.25, -0.2) is 4.57 Å². The summed E-state index contributed by atoms with van der Waals surface area (Å²) in [6.45, 7) is 6.76. The number of aryl methyl sites for hydroxylation is 2. The number of nitrogens with zero attached hydrogens (tertiary/aromatic N) is 2. The van der Waals surface area contributed by atoms with Crippen molar-refractivity contribution in [1.29, 1.82) is 5.26 Å². The first-order valence-electron chi connectivity index (χ1n) is 12.2. The van der Waals surface area contributed by atoms with Gasteiger partial charge in [0.2, 0.25) is 5.69 Å². The highest BCUT2D eigenvalue weighted by Crippen LogP contribution is 2.54. The van der Waals surface area contributed by atoms with Crippen LogP contribution >= 0.6 is 0 Å². The predicted molar refractivity (Wildman–Crippen MR) is 137 cm³/mol. The van der Waals surface area contributed by atoms with Gasteiger partial charge in [-0.05, 0) is 67.5 Å². The van der Waals surface area contributed by atoms with E-state index in [1.807, 2.05) is 12.1 Å². The molecule has 0 N–H and O–H groups in total. The molecule has 3 heteroatoms. The molecule has 3 nitrogen and oxygen atoms in total. The molecule has 0 fully saturated rings. The van der Waals surface area contributed by atoms with Crippen molar-refractivity contribution in [2.24, 2.45) is 12.5 Å². The molecular formula is C31H29N2O+. The normalized spacial score (nSPS) is 17.2. The third-order valence-corrected chi connectivity index (χ3v) is 7.98. The van der Waals surface area contributed by atoms with E-state index < -0.39 is 0 Å². The second-order valence-corrected chi connectivity index (χ2v) is 10.3. The lowest BCUT2D eigenvalue weighted by Gasteiger charge is -2.30. The SMILES string of the molecule is Cc1ccc2c(oc3c(C4=CC5=C(CCCC5)C4(C)C)c(C#N)ccc32)c1-c1cccc[n+]1C. The van der Waals surface area contributed by atoms with Gasteiger partial charge < -0.3 is 4.42 Å². The Labute approximate surface area is 200 Å². The molecule has 6 rings (SSSR count). The van der Waals surface area contributed by atoms with Crippen LogP contribution in [0.4, 0.5) is 0 Å². The molecule has 0 bridgehead atoms. The molecule has 0 atom stereocenters. The smallest absolute Gasteiger partial charge is 0.216 e. The second kappa shape index (κ2) is 7.43. The van der Waals surface area contributed by atoms with E-state index in [2.05, 4.69) is 81.1 Å². The molecule has 2 aromatic heterocycles. The number of rotatable bonds is 2. The Morgan fingerprint density at radius 3 is 2.41 bits per heavy atom. The van der Waals surface area contributed by atoms with Crippen molar-refractivity contribution in [3.05, 3.63) is 82.6 Å². The zero-order valence-electron chi connectivity index (χ0n) is 20.3. The third kappa shape index (κ3) is 2.85. The molecule has 2 aliphatic carbocycles. The highest BCUT2D eigenvalue weighted by atomic mass is 16.3. The molecule has 2 aromatic carbocycles. The number of hydrogen-bond donors (Lipinski definition) is 0. The molecule has 168 valence electrons. The van der Waals surface area contributed by atoms with Crippen LogP contribution in [-0.2, 0) is 7.05 Å². The van der Waals surface area contributed by atoms with Crippen LogP contribution < -0.4 is 4.57 Å². The summed E-state index contributed by atoms with van der Waals surface area (Å²) in [7, 11) is 2.07. The number of furan rings is 1. The fourth-order valence-corrected chi connectivity index (χ4v) is 6.17. The van der Waals surface area contributed by atoms with Gasteiger partial charge in [-0.3, -0.25) is 0 Å². The van der Waals surface area contributed by atoms with Crippen molar-refractivity contribution in [3.8, 4) is 17.3 Å². The minimum absolute atomic E-state index is 0.0980. The summed E-state index contributed by atoms with van der Waals surface area (Å²) in [5.41, 5.74) is 10.9. The number of hydrogen-bond acceptors (Lipinski definition) is 2. The van der Waals surface area contributed by atoms with E-state index in [4.69, 9.17) is 4.42 Å². The van der Waals surface area contributed by atoms with Gasteiger partial charge in [0.15, 0.2) is 6.20 Å². The van der Waals surface area contributed by atoms with Gasteiger partial charge in [0, 0.05) is 33.9 Å². The van der Waals surface area contributed by atoms with Crippen molar-refractivity contribution >= 4 is 27.5 Å². The highest BCUT2D eigenvalue weighted by Gasteiger charge is 2.39. The molecule has 0 amide bonds. The van der Waals surface area contributed by atoms with Crippen molar-refractivity contribution in [1.82, 2.24) is 0 Å². The van der Waals surface area contributed by atoms with E-state index in [1.54, 1.807) is 5.57 Å². The Morgan fingerprint density at radius 1 is 0.941 bits per heavy atom. The van der Waals surface area contributed by atoms with Gasteiger partial charge in [0.25, 0.3) is 0 Å². The van der Waals surface area contributed by atoms with Crippen molar-refractivity contribution in [2.75, 3.05) is 0 Å². The largest absolute Gasteiger partial charge is 0.454 e. The summed E-state index contributed by atoms with van der Waals surface area (Å²) in [5, 5.41) is 12.3. The van der Waals surface area contributed by atoms with Crippen LogP contribution in [0, 0.1) is 23.7 Å². The molecule has 0 aliphatic heterocycles. The average Bonchev–Trinajstić information content (AvgIpc) is 3.33. The van der Waals surface area contributed by atoms with Gasteiger partial charge >= 0.3 is 0 Å². The molecule has 2 aliphatic rings. The fourth-order valence-electron chi connectivity index (χ4n) is 6.17. The van der Waals surface area contributed by atoms with Crippen LogP contribution in [0.1, 0.15) is 56.2 Å². The van der Waals surface area contributed by atoms with Crippen LogP contribution in [0.5, 0.6) is 0 Å². The Bertz CT molecular complexity index is 1600. The average molecular weight is 446 g/mol. The minimum atomic E-state index is -0.0980. The molecule has 0 saturated heterocycles. The summed E-state index contributed by atoms with van der Waals surface area (Å²) in [4.78, 5) is 0. The first-order valence-corrected chi connectivity index (χ1v) is 12.2. The van der Waals surface area contributed by atoms with E-state index in [0.717, 1.165) is 51.6 Å².